The van der Waals surface area contributed by atoms with Gasteiger partial charge in [-0.05, 0) is 72.3 Å². The third-order valence-electron chi connectivity index (χ3n) is 5.61. The predicted octanol–water partition coefficient (Wildman–Crippen LogP) is 6.63. The normalized spacial score (nSPS) is 11.1. The summed E-state index contributed by atoms with van der Waals surface area (Å²) in [6, 6.07) is 20.4. The van der Waals surface area contributed by atoms with Crippen molar-refractivity contribution in [2.45, 2.75) is 18.0 Å². The zero-order chi connectivity index (χ0) is 28.0. The molecule has 0 aliphatic carbocycles. The van der Waals surface area contributed by atoms with Crippen LogP contribution in [0.3, 0.4) is 0 Å². The molecule has 39 heavy (non-hydrogen) atoms. The van der Waals surface area contributed by atoms with Crippen LogP contribution in [0.2, 0.25) is 5.02 Å². The number of ether oxygens (including phenoxy) is 1. The van der Waals surface area contributed by atoms with E-state index in [-0.39, 0.29) is 34.3 Å². The Morgan fingerprint density at radius 1 is 0.872 bits per heavy atom. The molecule has 0 saturated carbocycles. The van der Waals surface area contributed by atoms with Crippen LogP contribution in [0, 0.1) is 11.6 Å². The summed E-state index contributed by atoms with van der Waals surface area (Å²) in [4.78, 5) is 14.6. The summed E-state index contributed by atoms with van der Waals surface area (Å²) in [6.07, 6.45) is 0. The van der Waals surface area contributed by atoms with Crippen LogP contribution in [0.25, 0.3) is 0 Å². The molecule has 0 saturated heterocycles. The highest BCUT2D eigenvalue weighted by atomic mass is 35.5. The zero-order valence-corrected chi connectivity index (χ0v) is 22.2. The molecular formula is C28H23ClF2N2O5S. The van der Waals surface area contributed by atoms with Crippen molar-refractivity contribution in [3.05, 3.63) is 119 Å². The van der Waals surface area contributed by atoms with Gasteiger partial charge in [0.2, 0.25) is 0 Å². The van der Waals surface area contributed by atoms with Gasteiger partial charge in [0, 0.05) is 17.1 Å². The highest BCUT2D eigenvalue weighted by Gasteiger charge is 2.23. The summed E-state index contributed by atoms with van der Waals surface area (Å²) >= 11 is 6.21. The predicted molar refractivity (Wildman–Crippen MR) is 143 cm³/mol. The molecule has 4 aromatic carbocycles. The molecule has 0 fully saturated rings. The van der Waals surface area contributed by atoms with Crippen molar-refractivity contribution in [3.8, 4) is 11.5 Å². The van der Waals surface area contributed by atoms with E-state index in [4.69, 9.17) is 20.5 Å². The molecule has 202 valence electrons. The van der Waals surface area contributed by atoms with Gasteiger partial charge in [-0.15, -0.1) is 0 Å². The minimum Gasteiger partial charge on any atom is -0.495 e. The van der Waals surface area contributed by atoms with Gasteiger partial charge in [0.05, 0.1) is 19.3 Å². The van der Waals surface area contributed by atoms with E-state index < -0.39 is 27.8 Å². The zero-order valence-electron chi connectivity index (χ0n) is 20.6. The number of carbonyl (C=O) groups excluding carboxylic acids is 1. The standard InChI is InChI=1S/C28H23ClF2N2O5S/c1-37-27-5-3-2-4-25(27)32-28(34)33(17-19-6-9-22(30)10-7-19)18-20-16-21(29)8-15-26(20)38-39(35,36)24-13-11-23(31)12-14-24/h2-16H,17-18H2,1H3,(H,32,34). The van der Waals surface area contributed by atoms with Crippen LogP contribution in [0.5, 0.6) is 11.5 Å². The molecule has 0 heterocycles. The van der Waals surface area contributed by atoms with Gasteiger partial charge in [-0.1, -0.05) is 35.9 Å². The molecule has 11 heteroatoms. The average molecular weight is 573 g/mol. The van der Waals surface area contributed by atoms with E-state index >= 15 is 0 Å². The molecule has 7 nitrogen and oxygen atoms in total. The van der Waals surface area contributed by atoms with Gasteiger partial charge in [0.1, 0.15) is 28.0 Å². The molecular weight excluding hydrogens is 550 g/mol. The van der Waals surface area contributed by atoms with Crippen LogP contribution < -0.4 is 14.2 Å². The second kappa shape index (κ2) is 12.1. The molecule has 0 aliphatic rings. The van der Waals surface area contributed by atoms with Crippen LogP contribution in [0.15, 0.2) is 95.9 Å². The Bertz CT molecular complexity index is 1570. The van der Waals surface area contributed by atoms with Crippen LogP contribution in [0.1, 0.15) is 11.1 Å². The third-order valence-corrected chi connectivity index (χ3v) is 7.09. The molecule has 0 aromatic heterocycles. The van der Waals surface area contributed by atoms with Crippen molar-refractivity contribution >= 4 is 33.4 Å². The maximum Gasteiger partial charge on any atom is 0.339 e. The first-order chi connectivity index (χ1) is 18.6. The van der Waals surface area contributed by atoms with Gasteiger partial charge in [-0.3, -0.25) is 0 Å². The Kier molecular flexibility index (Phi) is 8.68. The number of anilines is 1. The molecule has 0 spiro atoms. The molecule has 2 amide bonds. The SMILES string of the molecule is COc1ccccc1NC(=O)N(Cc1ccc(F)cc1)Cc1cc(Cl)ccc1OS(=O)(=O)c1ccc(F)cc1. The fraction of sp³-hybridized carbons (Fsp3) is 0.107. The molecule has 0 unspecified atom stereocenters. The number of amides is 2. The average Bonchev–Trinajstić information content (AvgIpc) is 2.91. The van der Waals surface area contributed by atoms with Crippen molar-refractivity contribution in [1.29, 1.82) is 0 Å². The van der Waals surface area contributed by atoms with Crippen LogP contribution in [-0.4, -0.2) is 26.5 Å². The second-order valence-electron chi connectivity index (χ2n) is 8.36. The molecule has 4 aromatic rings. The Morgan fingerprint density at radius 3 is 2.18 bits per heavy atom. The van der Waals surface area contributed by atoms with E-state index in [1.54, 1.807) is 24.3 Å². The first kappa shape index (κ1) is 27.9. The Hall–Kier alpha value is -4.15. The Morgan fingerprint density at radius 2 is 1.51 bits per heavy atom. The smallest absolute Gasteiger partial charge is 0.339 e. The summed E-state index contributed by atoms with van der Waals surface area (Å²) in [6.45, 7) is -0.0921. The van der Waals surface area contributed by atoms with E-state index in [2.05, 4.69) is 5.32 Å². The highest BCUT2D eigenvalue weighted by molar-refractivity contribution is 7.87. The summed E-state index contributed by atoms with van der Waals surface area (Å²) < 4.78 is 63.3. The molecule has 0 aliphatic heterocycles. The highest BCUT2D eigenvalue weighted by Crippen LogP contribution is 2.29. The number of rotatable bonds is 9. The number of para-hydroxylation sites is 2. The minimum atomic E-state index is -4.33. The van der Waals surface area contributed by atoms with E-state index in [1.807, 2.05) is 0 Å². The fourth-order valence-electron chi connectivity index (χ4n) is 3.68. The number of hydrogen-bond donors (Lipinski definition) is 1. The Labute approximate surface area is 229 Å². The number of benzene rings is 4. The molecule has 4 rings (SSSR count). The number of nitrogens with one attached hydrogen (secondary N) is 1. The van der Waals surface area contributed by atoms with E-state index in [0.717, 1.165) is 24.3 Å². The van der Waals surface area contributed by atoms with Gasteiger partial charge >= 0.3 is 16.1 Å². The lowest BCUT2D eigenvalue weighted by atomic mass is 10.1. The monoisotopic (exact) mass is 572 g/mol. The van der Waals surface area contributed by atoms with Gasteiger partial charge < -0.3 is 19.1 Å². The lowest BCUT2D eigenvalue weighted by molar-refractivity contribution is 0.206. The van der Waals surface area contributed by atoms with Crippen molar-refractivity contribution in [1.82, 2.24) is 4.90 Å². The van der Waals surface area contributed by atoms with Crippen LogP contribution >= 0.6 is 11.6 Å². The number of hydrogen-bond acceptors (Lipinski definition) is 5. The number of nitrogens with zero attached hydrogens (tertiary/aromatic N) is 1. The fourth-order valence-corrected chi connectivity index (χ4v) is 4.84. The van der Waals surface area contributed by atoms with Crippen LogP contribution in [-0.2, 0) is 23.2 Å². The van der Waals surface area contributed by atoms with Crippen LogP contribution in [0.4, 0.5) is 19.3 Å². The molecule has 0 bridgehead atoms. The van der Waals surface area contributed by atoms with Gasteiger partial charge in [0.25, 0.3) is 0 Å². The van der Waals surface area contributed by atoms with Crippen molar-refractivity contribution in [2.75, 3.05) is 12.4 Å². The molecule has 1 N–H and O–H groups in total. The minimum absolute atomic E-state index is 0.0396. The molecule has 0 radical (unpaired) electrons. The first-order valence-electron chi connectivity index (χ1n) is 11.6. The van der Waals surface area contributed by atoms with Gasteiger partial charge in [-0.2, -0.15) is 8.42 Å². The van der Waals surface area contributed by atoms with E-state index in [0.29, 0.717) is 17.0 Å². The van der Waals surface area contributed by atoms with Gasteiger partial charge in [-0.25, -0.2) is 13.6 Å². The molecule has 0 atom stereocenters. The lowest BCUT2D eigenvalue weighted by Crippen LogP contribution is -2.34. The van der Waals surface area contributed by atoms with E-state index in [9.17, 15) is 22.0 Å². The summed E-state index contributed by atoms with van der Waals surface area (Å²) in [5.74, 6) is -0.665. The Balaban J connectivity index is 1.66. The maximum atomic E-state index is 13.5. The lowest BCUT2D eigenvalue weighted by Gasteiger charge is -2.25. The number of methoxy groups -OCH3 is 1. The number of halogens is 3. The maximum absolute atomic E-state index is 13.5. The summed E-state index contributed by atoms with van der Waals surface area (Å²) in [7, 11) is -2.86. The second-order valence-corrected chi connectivity index (χ2v) is 10.3. The van der Waals surface area contributed by atoms with Gasteiger partial charge in [0.15, 0.2) is 0 Å². The number of carbonyl (C=O) groups is 1. The van der Waals surface area contributed by atoms with Crippen molar-refractivity contribution in [3.63, 3.8) is 0 Å². The third kappa shape index (κ3) is 7.24. The largest absolute Gasteiger partial charge is 0.495 e. The summed E-state index contributed by atoms with van der Waals surface area (Å²) in [5, 5.41) is 3.07. The number of urea groups is 1. The van der Waals surface area contributed by atoms with E-state index in [1.165, 1.54) is 54.5 Å². The van der Waals surface area contributed by atoms with Crippen molar-refractivity contribution in [2.24, 2.45) is 0 Å². The topological polar surface area (TPSA) is 84.9 Å². The van der Waals surface area contributed by atoms with Crippen molar-refractivity contribution < 1.29 is 30.9 Å². The first-order valence-corrected chi connectivity index (χ1v) is 13.3. The summed E-state index contributed by atoms with van der Waals surface area (Å²) in [5.41, 5.74) is 1.32. The quantitative estimate of drug-likeness (QED) is 0.228.